The monoisotopic (exact) mass is 301 g/mol. The predicted octanol–water partition coefficient (Wildman–Crippen LogP) is 4.46. The Kier molecular flexibility index (Phi) is 5.96. The van der Waals surface area contributed by atoms with Crippen LogP contribution in [-0.4, -0.2) is 13.2 Å². The molecule has 0 fully saturated rings. The van der Waals surface area contributed by atoms with Gasteiger partial charge in [0, 0.05) is 0 Å². The Morgan fingerprint density at radius 3 is 2.09 bits per heavy atom. The van der Waals surface area contributed by atoms with E-state index in [-0.39, 0.29) is 11.7 Å². The summed E-state index contributed by atoms with van der Waals surface area (Å²) in [5.74, 6) is 1.25. The van der Waals surface area contributed by atoms with Crippen molar-refractivity contribution in [3.63, 3.8) is 0 Å². The second-order valence-corrected chi connectivity index (χ2v) is 5.85. The van der Waals surface area contributed by atoms with Crippen molar-refractivity contribution in [1.29, 1.82) is 0 Å². The van der Waals surface area contributed by atoms with Crippen LogP contribution in [-0.2, 0) is 0 Å². The van der Waals surface area contributed by atoms with Crippen molar-refractivity contribution in [2.75, 3.05) is 13.2 Å². The van der Waals surface area contributed by atoms with Crippen molar-refractivity contribution in [2.45, 2.75) is 32.1 Å². The molecule has 2 N–H and O–H groups in total. The lowest BCUT2D eigenvalue weighted by Crippen LogP contribution is -2.15. The molecular weight excluding hydrogens is 277 g/mol. The number of hydrogen-bond donors (Lipinski definition) is 1. The van der Waals surface area contributed by atoms with Gasteiger partial charge in [0.2, 0.25) is 0 Å². The van der Waals surface area contributed by atoms with Crippen molar-refractivity contribution in [2.24, 2.45) is 5.73 Å². The first-order valence-electron chi connectivity index (χ1n) is 7.78. The molecule has 0 amide bonds. The van der Waals surface area contributed by atoms with E-state index in [2.05, 4.69) is 38.1 Å². The lowest BCUT2D eigenvalue weighted by Gasteiger charge is -2.17. The minimum atomic E-state index is -0.252. The summed E-state index contributed by atoms with van der Waals surface area (Å²) in [5.41, 5.74) is 8.48. The molecule has 1 atom stereocenters. The van der Waals surface area contributed by atoms with Gasteiger partial charge >= 0.3 is 0 Å². The fourth-order valence-electron chi connectivity index (χ4n) is 2.42. The zero-order chi connectivity index (χ0) is 15.9. The summed E-state index contributed by atoms with van der Waals surface area (Å²) in [6.45, 7) is 5.53. The Labute approximate surface area is 132 Å². The molecule has 0 spiro atoms. The number of nitrogens with two attached hydrogens (primary N) is 1. The third-order valence-electron chi connectivity index (χ3n) is 3.91. The van der Waals surface area contributed by atoms with Crippen LogP contribution in [0.5, 0.6) is 5.75 Å². The highest BCUT2D eigenvalue weighted by Crippen LogP contribution is 2.22. The van der Waals surface area contributed by atoms with Crippen molar-refractivity contribution >= 4 is 0 Å². The van der Waals surface area contributed by atoms with Gasteiger partial charge in [-0.25, -0.2) is 4.39 Å². The second kappa shape index (κ2) is 7.95. The average Bonchev–Trinajstić information content (AvgIpc) is 2.53. The van der Waals surface area contributed by atoms with E-state index >= 15 is 0 Å². The molecule has 0 saturated heterocycles. The molecule has 1 unspecified atom stereocenters. The molecule has 3 heteroatoms. The average molecular weight is 301 g/mol. The maximum Gasteiger partial charge on any atom is 0.123 e. The zero-order valence-electron chi connectivity index (χ0n) is 13.3. The number of benzene rings is 2. The lowest BCUT2D eigenvalue weighted by molar-refractivity contribution is 0.298. The number of ether oxygens (including phenoxy) is 1. The molecule has 2 rings (SSSR count). The molecule has 2 aromatic rings. The first-order valence-corrected chi connectivity index (χ1v) is 7.78. The molecular formula is C19H24FNO. The largest absolute Gasteiger partial charge is 0.494 e. The van der Waals surface area contributed by atoms with Crippen molar-refractivity contribution in [1.82, 2.24) is 0 Å². The van der Waals surface area contributed by atoms with Crippen molar-refractivity contribution < 1.29 is 9.13 Å². The van der Waals surface area contributed by atoms with E-state index in [0.29, 0.717) is 24.8 Å². The second-order valence-electron chi connectivity index (χ2n) is 5.85. The molecule has 2 nitrogen and oxygen atoms in total. The third-order valence-corrected chi connectivity index (χ3v) is 3.91. The van der Waals surface area contributed by atoms with Crippen LogP contribution in [0.2, 0.25) is 0 Å². The van der Waals surface area contributed by atoms with Gasteiger partial charge in [-0.2, -0.15) is 0 Å². The first-order chi connectivity index (χ1) is 10.6. The molecule has 0 aromatic heterocycles. The van der Waals surface area contributed by atoms with Gasteiger partial charge in [-0.15, -0.1) is 0 Å². The number of rotatable bonds is 7. The van der Waals surface area contributed by atoms with Gasteiger partial charge in [0.05, 0.1) is 6.61 Å². The normalized spacial score (nSPS) is 12.4. The van der Waals surface area contributed by atoms with Gasteiger partial charge in [0.25, 0.3) is 0 Å². The first kappa shape index (κ1) is 16.5. The summed E-state index contributed by atoms with van der Waals surface area (Å²) in [4.78, 5) is 0. The van der Waals surface area contributed by atoms with Crippen LogP contribution in [0.25, 0.3) is 0 Å². The molecule has 0 saturated carbocycles. The summed E-state index contributed by atoms with van der Waals surface area (Å²) < 4.78 is 18.5. The number of halogens is 1. The van der Waals surface area contributed by atoms with Crippen LogP contribution in [0.15, 0.2) is 48.5 Å². The molecule has 0 radical (unpaired) electrons. The molecule has 0 bridgehead atoms. The van der Waals surface area contributed by atoms with Crippen LogP contribution < -0.4 is 10.5 Å². The summed E-state index contributed by atoms with van der Waals surface area (Å²) in [6.07, 6.45) is 0.842. The van der Waals surface area contributed by atoms with E-state index in [1.807, 2.05) is 0 Å². The van der Waals surface area contributed by atoms with E-state index in [0.717, 1.165) is 6.42 Å². The van der Waals surface area contributed by atoms with E-state index in [4.69, 9.17) is 10.5 Å². The Morgan fingerprint density at radius 2 is 1.55 bits per heavy atom. The highest BCUT2D eigenvalue weighted by Gasteiger charge is 2.10. The van der Waals surface area contributed by atoms with E-state index in [1.54, 1.807) is 12.1 Å². The molecule has 2 aromatic carbocycles. The van der Waals surface area contributed by atoms with Gasteiger partial charge in [-0.05, 0) is 60.2 Å². The smallest absolute Gasteiger partial charge is 0.123 e. The highest BCUT2D eigenvalue weighted by molar-refractivity contribution is 5.27. The fraction of sp³-hybridized carbons (Fsp3) is 0.368. The maximum absolute atomic E-state index is 12.8. The zero-order valence-corrected chi connectivity index (χ0v) is 13.3. The molecule has 0 aliphatic rings. The quantitative estimate of drug-likeness (QED) is 0.819. The van der Waals surface area contributed by atoms with E-state index < -0.39 is 0 Å². The predicted molar refractivity (Wildman–Crippen MR) is 88.8 cm³/mol. The SMILES string of the molecule is CC(C)c1ccc(C(CN)CCOc2ccc(F)cc2)cc1. The molecule has 118 valence electrons. The topological polar surface area (TPSA) is 35.2 Å². The molecule has 0 aliphatic heterocycles. The molecule has 22 heavy (non-hydrogen) atoms. The van der Waals surface area contributed by atoms with Gasteiger partial charge in [0.15, 0.2) is 0 Å². The molecule has 0 heterocycles. The maximum atomic E-state index is 12.8. The Bertz CT molecular complexity index is 563. The Hall–Kier alpha value is -1.87. The fourth-order valence-corrected chi connectivity index (χ4v) is 2.42. The van der Waals surface area contributed by atoms with Crippen molar-refractivity contribution in [3.8, 4) is 5.75 Å². The van der Waals surface area contributed by atoms with Crippen LogP contribution in [0.3, 0.4) is 0 Å². The van der Waals surface area contributed by atoms with Gasteiger partial charge in [-0.1, -0.05) is 38.1 Å². The minimum absolute atomic E-state index is 0.252. The third kappa shape index (κ3) is 4.57. The van der Waals surface area contributed by atoms with Crippen LogP contribution in [0.4, 0.5) is 4.39 Å². The summed E-state index contributed by atoms with van der Waals surface area (Å²) >= 11 is 0. The van der Waals surface area contributed by atoms with Crippen LogP contribution in [0.1, 0.15) is 43.2 Å². The highest BCUT2D eigenvalue weighted by atomic mass is 19.1. The Balaban J connectivity index is 1.90. The number of hydrogen-bond acceptors (Lipinski definition) is 2. The van der Waals surface area contributed by atoms with Crippen LogP contribution in [0, 0.1) is 5.82 Å². The minimum Gasteiger partial charge on any atom is -0.494 e. The Morgan fingerprint density at radius 1 is 0.955 bits per heavy atom. The van der Waals surface area contributed by atoms with Crippen LogP contribution >= 0.6 is 0 Å². The summed E-state index contributed by atoms with van der Waals surface area (Å²) in [5, 5.41) is 0. The van der Waals surface area contributed by atoms with E-state index in [9.17, 15) is 4.39 Å². The molecule has 0 aliphatic carbocycles. The van der Waals surface area contributed by atoms with Crippen molar-refractivity contribution in [3.05, 3.63) is 65.5 Å². The lowest BCUT2D eigenvalue weighted by atomic mass is 9.93. The van der Waals surface area contributed by atoms with Gasteiger partial charge in [-0.3, -0.25) is 0 Å². The standard InChI is InChI=1S/C19H24FNO/c1-14(2)15-3-5-16(6-4-15)17(13-21)11-12-22-19-9-7-18(20)8-10-19/h3-10,14,17H,11-13,21H2,1-2H3. The van der Waals surface area contributed by atoms with E-state index in [1.165, 1.54) is 23.3 Å². The van der Waals surface area contributed by atoms with Gasteiger partial charge < -0.3 is 10.5 Å². The summed E-state index contributed by atoms with van der Waals surface area (Å²) in [6, 6.07) is 14.7. The van der Waals surface area contributed by atoms with Gasteiger partial charge in [0.1, 0.15) is 11.6 Å². The summed E-state index contributed by atoms with van der Waals surface area (Å²) in [7, 11) is 0.